The highest BCUT2D eigenvalue weighted by molar-refractivity contribution is 7.71. The quantitative estimate of drug-likeness (QED) is 0.720. The Labute approximate surface area is 87.6 Å². The highest BCUT2D eigenvalue weighted by Crippen LogP contribution is 2.22. The van der Waals surface area contributed by atoms with Gasteiger partial charge in [-0.15, -0.1) is 0 Å². The lowest BCUT2D eigenvalue weighted by Gasteiger charge is -2.03. The number of rotatable bonds is 1. The van der Waals surface area contributed by atoms with Crippen molar-refractivity contribution in [2.45, 2.75) is 13.8 Å². The first-order chi connectivity index (χ1) is 6.66. The van der Waals surface area contributed by atoms with Crippen LogP contribution >= 0.6 is 12.2 Å². The first kappa shape index (κ1) is 9.21. The number of aromatic nitrogens is 1. The van der Waals surface area contributed by atoms with E-state index >= 15 is 0 Å². The van der Waals surface area contributed by atoms with E-state index < -0.39 is 0 Å². The SMILES string of the molecule is Cc1ccc(C)c(-c2coc(=S)[nH]2)c1. The minimum absolute atomic E-state index is 0.418. The van der Waals surface area contributed by atoms with Crippen LogP contribution in [0.15, 0.2) is 28.9 Å². The monoisotopic (exact) mass is 205 g/mol. The number of nitrogens with one attached hydrogen (secondary N) is 1. The molecule has 14 heavy (non-hydrogen) atoms. The maximum absolute atomic E-state index is 5.07. The molecule has 0 amide bonds. The number of aromatic amines is 1. The van der Waals surface area contributed by atoms with Gasteiger partial charge in [0.2, 0.25) is 0 Å². The Hall–Kier alpha value is -1.35. The van der Waals surface area contributed by atoms with Crippen molar-refractivity contribution in [2.24, 2.45) is 0 Å². The molecule has 0 fully saturated rings. The molecule has 0 saturated heterocycles. The Morgan fingerprint density at radius 2 is 2.07 bits per heavy atom. The van der Waals surface area contributed by atoms with Gasteiger partial charge in [-0.25, -0.2) is 0 Å². The molecule has 3 heteroatoms. The molecular weight excluding hydrogens is 194 g/mol. The van der Waals surface area contributed by atoms with E-state index in [1.165, 1.54) is 11.1 Å². The Kier molecular flexibility index (Phi) is 2.25. The van der Waals surface area contributed by atoms with Gasteiger partial charge in [0, 0.05) is 5.56 Å². The molecule has 1 heterocycles. The summed E-state index contributed by atoms with van der Waals surface area (Å²) in [5, 5.41) is 0. The molecule has 0 aliphatic carbocycles. The zero-order chi connectivity index (χ0) is 10.1. The topological polar surface area (TPSA) is 28.9 Å². The summed E-state index contributed by atoms with van der Waals surface area (Å²) in [6, 6.07) is 6.30. The number of benzene rings is 1. The number of hydrogen-bond donors (Lipinski definition) is 1. The van der Waals surface area contributed by atoms with Gasteiger partial charge in [0.25, 0.3) is 4.84 Å². The maximum atomic E-state index is 5.07. The summed E-state index contributed by atoms with van der Waals surface area (Å²) in [5.41, 5.74) is 4.52. The van der Waals surface area contributed by atoms with Crippen molar-refractivity contribution < 1.29 is 4.42 Å². The molecule has 0 spiro atoms. The van der Waals surface area contributed by atoms with E-state index in [2.05, 4.69) is 37.0 Å². The maximum Gasteiger partial charge on any atom is 0.266 e. The van der Waals surface area contributed by atoms with Gasteiger partial charge in [0.1, 0.15) is 6.26 Å². The van der Waals surface area contributed by atoms with E-state index in [1.54, 1.807) is 6.26 Å². The summed E-state index contributed by atoms with van der Waals surface area (Å²) in [6.45, 7) is 4.14. The Morgan fingerprint density at radius 3 is 2.71 bits per heavy atom. The molecule has 0 saturated carbocycles. The summed E-state index contributed by atoms with van der Waals surface area (Å²) < 4.78 is 5.07. The lowest BCUT2D eigenvalue weighted by Crippen LogP contribution is -1.84. The van der Waals surface area contributed by atoms with Gasteiger partial charge in [0.15, 0.2) is 0 Å². The zero-order valence-electron chi connectivity index (χ0n) is 8.13. The normalized spacial score (nSPS) is 10.4. The summed E-state index contributed by atoms with van der Waals surface area (Å²) in [6.07, 6.45) is 1.66. The van der Waals surface area contributed by atoms with Gasteiger partial charge in [-0.05, 0) is 37.7 Å². The Bertz CT molecular complexity index is 510. The molecule has 0 aliphatic heterocycles. The minimum Gasteiger partial charge on any atom is -0.437 e. The van der Waals surface area contributed by atoms with Crippen LogP contribution in [0.1, 0.15) is 11.1 Å². The van der Waals surface area contributed by atoms with Crippen LogP contribution in [0.2, 0.25) is 0 Å². The molecule has 0 bridgehead atoms. The van der Waals surface area contributed by atoms with E-state index in [4.69, 9.17) is 16.6 Å². The largest absolute Gasteiger partial charge is 0.437 e. The van der Waals surface area contributed by atoms with Gasteiger partial charge in [-0.1, -0.05) is 17.7 Å². The third-order valence-corrected chi connectivity index (χ3v) is 2.40. The van der Waals surface area contributed by atoms with Crippen LogP contribution in [-0.4, -0.2) is 4.98 Å². The van der Waals surface area contributed by atoms with Crippen molar-refractivity contribution in [1.29, 1.82) is 0 Å². The fourth-order valence-corrected chi connectivity index (χ4v) is 1.60. The summed E-state index contributed by atoms with van der Waals surface area (Å²) >= 11 is 4.89. The van der Waals surface area contributed by atoms with Crippen molar-refractivity contribution in [3.05, 3.63) is 40.4 Å². The Morgan fingerprint density at radius 1 is 1.29 bits per heavy atom. The third kappa shape index (κ3) is 1.63. The number of H-pyrrole nitrogens is 1. The molecule has 2 rings (SSSR count). The third-order valence-electron chi connectivity index (χ3n) is 2.20. The van der Waals surface area contributed by atoms with Crippen LogP contribution < -0.4 is 0 Å². The van der Waals surface area contributed by atoms with Crippen LogP contribution in [0.5, 0.6) is 0 Å². The zero-order valence-corrected chi connectivity index (χ0v) is 8.94. The lowest BCUT2D eigenvalue weighted by molar-refractivity contribution is 0.541. The highest BCUT2D eigenvalue weighted by Gasteiger charge is 2.03. The van der Waals surface area contributed by atoms with Gasteiger partial charge in [0.05, 0.1) is 5.69 Å². The van der Waals surface area contributed by atoms with Crippen LogP contribution in [0.25, 0.3) is 11.3 Å². The number of hydrogen-bond acceptors (Lipinski definition) is 2. The number of aryl methyl sites for hydroxylation is 2. The summed E-state index contributed by atoms with van der Waals surface area (Å²) in [5.74, 6) is 0. The summed E-state index contributed by atoms with van der Waals surface area (Å²) in [4.78, 5) is 3.43. The van der Waals surface area contributed by atoms with E-state index in [1.807, 2.05) is 0 Å². The first-order valence-electron chi connectivity index (χ1n) is 4.42. The summed E-state index contributed by atoms with van der Waals surface area (Å²) in [7, 11) is 0. The molecule has 1 aromatic heterocycles. The van der Waals surface area contributed by atoms with Crippen molar-refractivity contribution in [2.75, 3.05) is 0 Å². The first-order valence-corrected chi connectivity index (χ1v) is 4.83. The van der Waals surface area contributed by atoms with Gasteiger partial charge >= 0.3 is 0 Å². The van der Waals surface area contributed by atoms with Gasteiger partial charge in [-0.2, -0.15) is 0 Å². The van der Waals surface area contributed by atoms with Gasteiger partial charge in [-0.3, -0.25) is 0 Å². The fraction of sp³-hybridized carbons (Fsp3) is 0.182. The van der Waals surface area contributed by atoms with E-state index in [-0.39, 0.29) is 0 Å². The van der Waals surface area contributed by atoms with Crippen molar-refractivity contribution in [3.63, 3.8) is 0 Å². The van der Waals surface area contributed by atoms with E-state index in [9.17, 15) is 0 Å². The molecule has 0 radical (unpaired) electrons. The molecule has 1 N–H and O–H groups in total. The number of oxazole rings is 1. The smallest absolute Gasteiger partial charge is 0.266 e. The fourth-order valence-electron chi connectivity index (χ4n) is 1.44. The van der Waals surface area contributed by atoms with E-state index in [0.717, 1.165) is 11.3 Å². The van der Waals surface area contributed by atoms with Gasteiger partial charge < -0.3 is 9.40 Å². The van der Waals surface area contributed by atoms with Crippen LogP contribution in [-0.2, 0) is 0 Å². The van der Waals surface area contributed by atoms with Crippen molar-refractivity contribution in [1.82, 2.24) is 4.98 Å². The highest BCUT2D eigenvalue weighted by atomic mass is 32.1. The standard InChI is InChI=1S/C11H11NOS/c1-7-3-4-8(2)9(5-7)10-6-13-11(14)12-10/h3-6H,1-2H3,(H,12,14). The molecule has 2 nitrogen and oxygen atoms in total. The second-order valence-electron chi connectivity index (χ2n) is 3.38. The molecule has 2 aromatic rings. The van der Waals surface area contributed by atoms with Crippen LogP contribution in [0, 0.1) is 18.7 Å². The predicted molar refractivity (Wildman–Crippen MR) is 58.8 cm³/mol. The molecule has 1 aromatic carbocycles. The minimum atomic E-state index is 0.418. The molecule has 0 unspecified atom stereocenters. The second kappa shape index (κ2) is 3.42. The second-order valence-corrected chi connectivity index (χ2v) is 3.75. The van der Waals surface area contributed by atoms with Crippen LogP contribution in [0.3, 0.4) is 0 Å². The molecular formula is C11H11NOS. The van der Waals surface area contributed by atoms with Crippen molar-refractivity contribution >= 4 is 12.2 Å². The predicted octanol–water partition coefficient (Wildman–Crippen LogP) is 3.62. The average molecular weight is 205 g/mol. The van der Waals surface area contributed by atoms with Crippen LogP contribution in [0.4, 0.5) is 0 Å². The molecule has 0 atom stereocenters. The molecule has 0 aliphatic rings. The Balaban J connectivity index is 2.61. The van der Waals surface area contributed by atoms with E-state index in [0.29, 0.717) is 4.84 Å². The average Bonchev–Trinajstić information content (AvgIpc) is 2.56. The van der Waals surface area contributed by atoms with Crippen molar-refractivity contribution in [3.8, 4) is 11.3 Å². The lowest BCUT2D eigenvalue weighted by atomic mass is 10.0. The molecule has 72 valence electrons.